The van der Waals surface area contributed by atoms with Crippen LogP contribution in [0.3, 0.4) is 0 Å². The van der Waals surface area contributed by atoms with Crippen molar-refractivity contribution >= 4 is 29.3 Å². The van der Waals surface area contributed by atoms with Gasteiger partial charge in [-0.05, 0) is 41.8 Å². The molecule has 0 aromatic carbocycles. The van der Waals surface area contributed by atoms with Crippen molar-refractivity contribution < 1.29 is 14.7 Å². The van der Waals surface area contributed by atoms with Crippen LogP contribution < -0.4 is 0 Å². The third-order valence-electron chi connectivity index (χ3n) is 3.77. The molecule has 0 spiro atoms. The van der Waals surface area contributed by atoms with E-state index in [-0.39, 0.29) is 5.91 Å². The zero-order valence-electron chi connectivity index (χ0n) is 11.5. The molecule has 4 nitrogen and oxygen atoms in total. The Hall–Kier alpha value is -1.62. The molecule has 1 saturated heterocycles. The minimum absolute atomic E-state index is 0.0274. The van der Waals surface area contributed by atoms with Crippen LogP contribution in [0.15, 0.2) is 17.5 Å². The number of amides is 1. The monoisotopic (exact) mass is 293 g/mol. The lowest BCUT2D eigenvalue weighted by molar-refractivity contribution is -0.131. The molecule has 0 aliphatic carbocycles. The van der Waals surface area contributed by atoms with Crippen LogP contribution in [0.2, 0.25) is 0 Å². The maximum absolute atomic E-state index is 12.5. The van der Waals surface area contributed by atoms with Crippen molar-refractivity contribution in [2.45, 2.75) is 26.2 Å². The summed E-state index contributed by atoms with van der Waals surface area (Å²) in [5, 5.41) is 10.5. The number of carboxylic acids is 1. The molecule has 1 aliphatic rings. The zero-order chi connectivity index (χ0) is 14.5. The summed E-state index contributed by atoms with van der Waals surface area (Å²) in [5.74, 6) is -0.244. The minimum atomic E-state index is -1.00. The Morgan fingerprint density at radius 3 is 2.75 bits per heavy atom. The average Bonchev–Trinajstić information content (AvgIpc) is 2.93. The Labute approximate surface area is 122 Å². The molecule has 2 rings (SSSR count). The van der Waals surface area contributed by atoms with Gasteiger partial charge in [0.1, 0.15) is 0 Å². The number of aliphatic carboxylic acids is 1. The number of hydrogen-bond acceptors (Lipinski definition) is 3. The van der Waals surface area contributed by atoms with E-state index in [0.717, 1.165) is 37.9 Å². The first-order chi connectivity index (χ1) is 9.61. The largest absolute Gasteiger partial charge is 0.478 e. The summed E-state index contributed by atoms with van der Waals surface area (Å²) in [6.45, 7) is 3.80. The molecular formula is C15H19NO3S. The van der Waals surface area contributed by atoms with E-state index in [9.17, 15) is 9.59 Å². The molecule has 0 radical (unpaired) electrons. The van der Waals surface area contributed by atoms with Crippen LogP contribution in [-0.2, 0) is 4.79 Å². The van der Waals surface area contributed by atoms with Gasteiger partial charge in [-0.25, -0.2) is 4.79 Å². The molecule has 1 N–H and O–H groups in total. The summed E-state index contributed by atoms with van der Waals surface area (Å²) in [6, 6.07) is 1.79. The number of likely N-dealkylation sites (tertiary alicyclic amines) is 1. The molecule has 108 valence electrons. The molecule has 1 fully saturated rings. The van der Waals surface area contributed by atoms with E-state index in [1.807, 2.05) is 10.3 Å². The normalized spacial score (nSPS) is 16.8. The molecule has 2 heterocycles. The fourth-order valence-corrected chi connectivity index (χ4v) is 3.33. The number of hydrogen-bond donors (Lipinski definition) is 1. The Morgan fingerprint density at radius 1 is 1.45 bits per heavy atom. The van der Waals surface area contributed by atoms with Crippen molar-refractivity contribution in [1.82, 2.24) is 4.90 Å². The number of piperidine rings is 1. The topological polar surface area (TPSA) is 57.6 Å². The summed E-state index contributed by atoms with van der Waals surface area (Å²) in [6.07, 6.45) is 5.86. The first-order valence-electron chi connectivity index (χ1n) is 6.89. The molecule has 0 bridgehead atoms. The Balaban J connectivity index is 2.07. The third-order valence-corrected chi connectivity index (χ3v) is 4.69. The predicted octanol–water partition coefficient (Wildman–Crippen LogP) is 3.11. The summed E-state index contributed by atoms with van der Waals surface area (Å²) in [5.41, 5.74) is 0.694. The molecule has 0 saturated carbocycles. The van der Waals surface area contributed by atoms with Gasteiger partial charge in [-0.3, -0.25) is 4.79 Å². The van der Waals surface area contributed by atoms with Crippen LogP contribution in [0.25, 0.3) is 6.08 Å². The Bertz CT molecular complexity index is 513. The van der Waals surface area contributed by atoms with Crippen LogP contribution in [0.5, 0.6) is 0 Å². The highest BCUT2D eigenvalue weighted by Crippen LogP contribution is 2.25. The number of rotatable bonds is 4. The van der Waals surface area contributed by atoms with Crippen LogP contribution in [-0.4, -0.2) is 35.0 Å². The highest BCUT2D eigenvalue weighted by atomic mass is 32.1. The van der Waals surface area contributed by atoms with Gasteiger partial charge in [0.2, 0.25) is 0 Å². The molecule has 1 aromatic rings. The van der Waals surface area contributed by atoms with Crippen LogP contribution >= 0.6 is 11.3 Å². The first kappa shape index (κ1) is 14.8. The maximum Gasteiger partial charge on any atom is 0.328 e. The van der Waals surface area contributed by atoms with E-state index in [1.165, 1.54) is 23.8 Å². The number of thiophene rings is 1. The van der Waals surface area contributed by atoms with Crippen molar-refractivity contribution in [1.29, 1.82) is 0 Å². The minimum Gasteiger partial charge on any atom is -0.478 e. The molecule has 20 heavy (non-hydrogen) atoms. The van der Waals surface area contributed by atoms with Gasteiger partial charge < -0.3 is 10.0 Å². The maximum atomic E-state index is 12.5. The summed E-state index contributed by atoms with van der Waals surface area (Å²) < 4.78 is 0. The number of carboxylic acid groups (broad SMARTS) is 1. The van der Waals surface area contributed by atoms with Crippen molar-refractivity contribution in [2.24, 2.45) is 5.92 Å². The molecule has 0 atom stereocenters. The first-order valence-corrected chi connectivity index (χ1v) is 7.77. The Morgan fingerprint density at radius 2 is 2.15 bits per heavy atom. The van der Waals surface area contributed by atoms with Crippen LogP contribution in [0.1, 0.15) is 41.4 Å². The van der Waals surface area contributed by atoms with E-state index in [1.54, 1.807) is 6.07 Å². The lowest BCUT2D eigenvalue weighted by atomic mass is 9.94. The van der Waals surface area contributed by atoms with Gasteiger partial charge in [0.05, 0.1) is 4.88 Å². The summed E-state index contributed by atoms with van der Waals surface area (Å²) in [4.78, 5) is 25.6. The predicted molar refractivity (Wildman–Crippen MR) is 79.9 cm³/mol. The van der Waals surface area contributed by atoms with Crippen molar-refractivity contribution in [3.8, 4) is 0 Å². The Kier molecular flexibility index (Phi) is 4.95. The third kappa shape index (κ3) is 3.48. The van der Waals surface area contributed by atoms with Crippen molar-refractivity contribution in [2.75, 3.05) is 13.1 Å². The van der Waals surface area contributed by atoms with Crippen LogP contribution in [0, 0.1) is 5.92 Å². The van der Waals surface area contributed by atoms with E-state index in [2.05, 4.69) is 6.92 Å². The van der Waals surface area contributed by atoms with Crippen molar-refractivity contribution in [3.63, 3.8) is 0 Å². The second kappa shape index (κ2) is 6.70. The number of nitrogens with zero attached hydrogens (tertiary/aromatic N) is 1. The fourth-order valence-electron chi connectivity index (χ4n) is 2.47. The molecule has 5 heteroatoms. The molecule has 1 amide bonds. The number of carbonyl (C=O) groups is 2. The number of carbonyl (C=O) groups excluding carboxylic acids is 1. The van der Waals surface area contributed by atoms with Crippen LogP contribution in [0.4, 0.5) is 0 Å². The van der Waals surface area contributed by atoms with Gasteiger partial charge in [0, 0.05) is 19.2 Å². The summed E-state index contributed by atoms with van der Waals surface area (Å²) >= 11 is 1.37. The van der Waals surface area contributed by atoms with Gasteiger partial charge in [0.15, 0.2) is 0 Å². The van der Waals surface area contributed by atoms with Crippen molar-refractivity contribution in [3.05, 3.63) is 28.0 Å². The molecule has 1 aromatic heterocycles. The summed E-state index contributed by atoms with van der Waals surface area (Å²) in [7, 11) is 0. The molecular weight excluding hydrogens is 274 g/mol. The van der Waals surface area contributed by atoms with Gasteiger partial charge in [0.25, 0.3) is 5.91 Å². The standard InChI is InChI=1S/C15H19NO3S/c1-2-11-5-8-16(9-6-11)15(19)14-12(7-10-20-14)3-4-13(17)18/h3-4,7,10-11H,2,5-6,8-9H2,1H3,(H,17,18). The van der Waals surface area contributed by atoms with E-state index >= 15 is 0 Å². The van der Waals surface area contributed by atoms with Gasteiger partial charge in [-0.2, -0.15) is 0 Å². The van der Waals surface area contributed by atoms with E-state index in [0.29, 0.717) is 10.4 Å². The average molecular weight is 293 g/mol. The molecule has 1 aliphatic heterocycles. The SMILES string of the molecule is CCC1CCN(C(=O)c2sccc2C=CC(=O)O)CC1. The molecule has 0 unspecified atom stereocenters. The smallest absolute Gasteiger partial charge is 0.328 e. The fraction of sp³-hybridized carbons (Fsp3) is 0.467. The highest BCUT2D eigenvalue weighted by molar-refractivity contribution is 7.12. The zero-order valence-corrected chi connectivity index (χ0v) is 12.4. The van der Waals surface area contributed by atoms with Gasteiger partial charge in [-0.1, -0.05) is 13.3 Å². The second-order valence-corrected chi connectivity index (χ2v) is 5.94. The second-order valence-electron chi connectivity index (χ2n) is 5.02. The highest BCUT2D eigenvalue weighted by Gasteiger charge is 2.24. The van der Waals surface area contributed by atoms with Gasteiger partial charge in [-0.15, -0.1) is 11.3 Å². The lowest BCUT2D eigenvalue weighted by Gasteiger charge is -2.31. The van der Waals surface area contributed by atoms with E-state index in [4.69, 9.17) is 5.11 Å². The lowest BCUT2D eigenvalue weighted by Crippen LogP contribution is -2.38. The quantitative estimate of drug-likeness (QED) is 0.868. The van der Waals surface area contributed by atoms with E-state index < -0.39 is 5.97 Å². The van der Waals surface area contributed by atoms with Gasteiger partial charge >= 0.3 is 5.97 Å².